The van der Waals surface area contributed by atoms with E-state index in [0.29, 0.717) is 5.13 Å². The van der Waals surface area contributed by atoms with Crippen LogP contribution in [-0.4, -0.2) is 29.2 Å². The summed E-state index contributed by atoms with van der Waals surface area (Å²) in [5.74, 6) is 1.01. The van der Waals surface area contributed by atoms with Crippen LogP contribution in [0.25, 0.3) is 0 Å². The summed E-state index contributed by atoms with van der Waals surface area (Å²) in [7, 11) is 0. The van der Waals surface area contributed by atoms with Gasteiger partial charge in [0.15, 0.2) is 4.34 Å². The van der Waals surface area contributed by atoms with Gasteiger partial charge < -0.3 is 10.6 Å². The molecule has 1 aliphatic rings. The van der Waals surface area contributed by atoms with Gasteiger partial charge in [0.1, 0.15) is 0 Å². The van der Waals surface area contributed by atoms with Crippen LogP contribution in [0.1, 0.15) is 18.4 Å². The molecular formula is C15H19ClN4OS2. The average Bonchev–Trinajstić information content (AvgIpc) is 3.02. The molecule has 0 unspecified atom stereocenters. The first-order chi connectivity index (χ1) is 10.8. The number of aromatic nitrogens is 2. The van der Waals surface area contributed by atoms with Gasteiger partial charge in [0.05, 0.1) is 0 Å². The third-order valence-electron chi connectivity index (χ3n) is 3.55. The molecule has 1 aliphatic heterocycles. The number of hydrogen-bond donors (Lipinski definition) is 2. The molecule has 0 saturated carbocycles. The van der Waals surface area contributed by atoms with Gasteiger partial charge in [-0.15, -0.1) is 22.6 Å². The molecule has 23 heavy (non-hydrogen) atoms. The maximum Gasteiger partial charge on any atom is 0.229 e. The molecular weight excluding hydrogens is 352 g/mol. The summed E-state index contributed by atoms with van der Waals surface area (Å²) < 4.78 is 0.879. The Kier molecular flexibility index (Phi) is 7.29. The molecule has 1 amide bonds. The Bertz CT molecular complexity index is 617. The molecule has 0 bridgehead atoms. The van der Waals surface area contributed by atoms with Crippen LogP contribution < -0.4 is 10.6 Å². The number of amides is 1. The first-order valence-corrected chi connectivity index (χ1v) is 9.13. The molecule has 0 spiro atoms. The minimum absolute atomic E-state index is 0. The zero-order valence-electron chi connectivity index (χ0n) is 12.5. The van der Waals surface area contributed by atoms with E-state index in [-0.39, 0.29) is 24.2 Å². The fraction of sp³-hybridized carbons (Fsp3) is 0.400. The number of carbonyl (C=O) groups excluding carboxylic acids is 1. The van der Waals surface area contributed by atoms with Gasteiger partial charge in [0, 0.05) is 11.7 Å². The van der Waals surface area contributed by atoms with Crippen molar-refractivity contribution in [3.63, 3.8) is 0 Å². The lowest BCUT2D eigenvalue weighted by molar-refractivity contribution is -0.120. The molecule has 1 fully saturated rings. The fourth-order valence-electron chi connectivity index (χ4n) is 2.33. The highest BCUT2D eigenvalue weighted by Crippen LogP contribution is 2.28. The number of thioether (sulfide) groups is 1. The Morgan fingerprint density at radius 1 is 1.26 bits per heavy atom. The van der Waals surface area contributed by atoms with E-state index in [2.05, 4.69) is 33.0 Å². The quantitative estimate of drug-likeness (QED) is 0.625. The molecule has 2 heterocycles. The lowest BCUT2D eigenvalue weighted by atomic mass is 9.97. The Hall–Kier alpha value is -1.15. The van der Waals surface area contributed by atoms with Crippen molar-refractivity contribution >= 4 is 46.5 Å². The molecule has 5 nitrogen and oxygen atoms in total. The second kappa shape index (κ2) is 9.22. The van der Waals surface area contributed by atoms with E-state index in [1.807, 2.05) is 18.2 Å². The third kappa shape index (κ3) is 5.46. The van der Waals surface area contributed by atoms with Gasteiger partial charge in [0.25, 0.3) is 0 Å². The lowest BCUT2D eigenvalue weighted by Gasteiger charge is -2.20. The highest BCUT2D eigenvalue weighted by atomic mass is 35.5. The van der Waals surface area contributed by atoms with E-state index in [0.717, 1.165) is 36.0 Å². The Morgan fingerprint density at radius 2 is 2.00 bits per heavy atom. The number of hydrogen-bond acceptors (Lipinski definition) is 6. The lowest BCUT2D eigenvalue weighted by Crippen LogP contribution is -2.34. The summed E-state index contributed by atoms with van der Waals surface area (Å²) >= 11 is 3.08. The van der Waals surface area contributed by atoms with E-state index < -0.39 is 0 Å². The third-order valence-corrected chi connectivity index (χ3v) is 5.59. The number of benzene rings is 1. The largest absolute Gasteiger partial charge is 0.317 e. The van der Waals surface area contributed by atoms with Crippen LogP contribution in [0.3, 0.4) is 0 Å². The van der Waals surface area contributed by atoms with Crippen molar-refractivity contribution in [1.82, 2.24) is 15.5 Å². The number of rotatable bonds is 5. The van der Waals surface area contributed by atoms with E-state index in [1.54, 1.807) is 11.8 Å². The molecule has 3 rings (SSSR count). The number of nitrogens with zero attached hydrogens (tertiary/aromatic N) is 2. The van der Waals surface area contributed by atoms with Crippen molar-refractivity contribution in [3.8, 4) is 0 Å². The van der Waals surface area contributed by atoms with E-state index >= 15 is 0 Å². The average molecular weight is 371 g/mol. The van der Waals surface area contributed by atoms with Crippen molar-refractivity contribution < 1.29 is 4.79 Å². The Balaban J connectivity index is 0.00000192. The molecule has 0 aliphatic carbocycles. The first-order valence-electron chi connectivity index (χ1n) is 7.33. The maximum atomic E-state index is 12.1. The number of piperidine rings is 1. The maximum absolute atomic E-state index is 12.1. The molecule has 1 aromatic heterocycles. The van der Waals surface area contributed by atoms with Gasteiger partial charge in [0.2, 0.25) is 11.0 Å². The van der Waals surface area contributed by atoms with Crippen LogP contribution in [0.4, 0.5) is 5.13 Å². The summed E-state index contributed by atoms with van der Waals surface area (Å²) in [5.41, 5.74) is 1.25. The Labute approximate surface area is 150 Å². The number of anilines is 1. The van der Waals surface area contributed by atoms with Crippen molar-refractivity contribution in [1.29, 1.82) is 0 Å². The second-order valence-corrected chi connectivity index (χ2v) is 7.36. The van der Waals surface area contributed by atoms with Gasteiger partial charge in [-0.05, 0) is 31.5 Å². The second-order valence-electron chi connectivity index (χ2n) is 5.16. The molecule has 2 aromatic rings. The highest BCUT2D eigenvalue weighted by Gasteiger charge is 2.21. The SMILES string of the molecule is Cl.O=C(Nc1nnc(SCc2ccccc2)s1)C1CCNCC1. The molecule has 2 N–H and O–H groups in total. The first kappa shape index (κ1) is 18.2. The van der Waals surface area contributed by atoms with Crippen LogP contribution in [0.5, 0.6) is 0 Å². The topological polar surface area (TPSA) is 66.9 Å². The van der Waals surface area contributed by atoms with Crippen molar-refractivity contribution in [2.45, 2.75) is 22.9 Å². The van der Waals surface area contributed by atoms with Crippen molar-refractivity contribution in [3.05, 3.63) is 35.9 Å². The van der Waals surface area contributed by atoms with Crippen LogP contribution in [0, 0.1) is 5.92 Å². The van der Waals surface area contributed by atoms with Crippen LogP contribution in [-0.2, 0) is 10.5 Å². The molecule has 8 heteroatoms. The van der Waals surface area contributed by atoms with Gasteiger partial charge in [-0.25, -0.2) is 0 Å². The van der Waals surface area contributed by atoms with Gasteiger partial charge in [-0.1, -0.05) is 53.4 Å². The van der Waals surface area contributed by atoms with Gasteiger partial charge in [-0.2, -0.15) is 0 Å². The minimum atomic E-state index is 0. The molecule has 0 radical (unpaired) electrons. The van der Waals surface area contributed by atoms with Crippen LogP contribution in [0.15, 0.2) is 34.7 Å². The van der Waals surface area contributed by atoms with E-state index in [4.69, 9.17) is 0 Å². The monoisotopic (exact) mass is 370 g/mol. The number of halogens is 1. The van der Waals surface area contributed by atoms with Crippen molar-refractivity contribution in [2.24, 2.45) is 5.92 Å². The normalized spacial score (nSPS) is 15.0. The predicted molar refractivity (Wildman–Crippen MR) is 97.4 cm³/mol. The summed E-state index contributed by atoms with van der Waals surface area (Å²) in [6.07, 6.45) is 1.78. The van der Waals surface area contributed by atoms with Gasteiger partial charge >= 0.3 is 0 Å². The Morgan fingerprint density at radius 3 is 2.74 bits per heavy atom. The fourth-order valence-corrected chi connectivity index (χ4v) is 4.04. The number of nitrogens with one attached hydrogen (secondary N) is 2. The standard InChI is InChI=1S/C15H18N4OS2.ClH/c20-13(12-6-8-16-9-7-12)17-14-18-19-15(22-14)21-10-11-4-2-1-3-5-11;/h1-5,12,16H,6-10H2,(H,17,18,20);1H. The minimum Gasteiger partial charge on any atom is -0.317 e. The summed E-state index contributed by atoms with van der Waals surface area (Å²) in [5, 5.41) is 14.9. The molecule has 1 saturated heterocycles. The zero-order chi connectivity index (χ0) is 15.2. The number of carbonyl (C=O) groups is 1. The van der Waals surface area contributed by atoms with Crippen molar-refractivity contribution in [2.75, 3.05) is 18.4 Å². The molecule has 0 atom stereocenters. The summed E-state index contributed by atoms with van der Waals surface area (Å²) in [6, 6.07) is 10.2. The van der Waals surface area contributed by atoms with E-state index in [9.17, 15) is 4.79 Å². The molecule has 124 valence electrons. The summed E-state index contributed by atoms with van der Waals surface area (Å²) in [4.78, 5) is 12.1. The molecule has 1 aromatic carbocycles. The predicted octanol–water partition coefficient (Wildman–Crippen LogP) is 3.19. The van der Waals surface area contributed by atoms with Crippen LogP contribution >= 0.6 is 35.5 Å². The zero-order valence-corrected chi connectivity index (χ0v) is 15.0. The van der Waals surface area contributed by atoms with E-state index in [1.165, 1.54) is 16.9 Å². The van der Waals surface area contributed by atoms with Gasteiger partial charge in [-0.3, -0.25) is 4.79 Å². The highest BCUT2D eigenvalue weighted by molar-refractivity contribution is 8.00. The summed E-state index contributed by atoms with van der Waals surface area (Å²) in [6.45, 7) is 1.82. The smallest absolute Gasteiger partial charge is 0.229 e. The van der Waals surface area contributed by atoms with Crippen LogP contribution in [0.2, 0.25) is 0 Å².